The van der Waals surface area contributed by atoms with Crippen LogP contribution in [0.5, 0.6) is 11.5 Å². The van der Waals surface area contributed by atoms with Crippen LogP contribution < -0.4 is 14.9 Å². The number of rotatable bonds is 5. The molecule has 1 heterocycles. The summed E-state index contributed by atoms with van der Waals surface area (Å²) < 4.78 is 16.7. The van der Waals surface area contributed by atoms with E-state index in [1.807, 2.05) is 48.5 Å². The quantitative estimate of drug-likeness (QED) is 0.437. The summed E-state index contributed by atoms with van der Waals surface area (Å²) in [6, 6.07) is 20.0. The Bertz CT molecular complexity index is 1180. The molecule has 0 bridgehead atoms. The molecule has 28 heavy (non-hydrogen) atoms. The zero-order valence-corrected chi connectivity index (χ0v) is 15.9. The van der Waals surface area contributed by atoms with Gasteiger partial charge in [0.1, 0.15) is 30.0 Å². The molecular formula is C23H17ClO4. The minimum Gasteiger partial charge on any atom is -0.497 e. The lowest BCUT2D eigenvalue weighted by Gasteiger charge is -2.08. The van der Waals surface area contributed by atoms with Crippen molar-refractivity contribution in [3.63, 3.8) is 0 Å². The average molecular weight is 393 g/mol. The highest BCUT2D eigenvalue weighted by Gasteiger charge is 2.10. The molecule has 0 amide bonds. The third-order valence-corrected chi connectivity index (χ3v) is 4.68. The Hall–Kier alpha value is -3.24. The molecule has 140 valence electrons. The maximum atomic E-state index is 12.9. The van der Waals surface area contributed by atoms with Crippen LogP contribution >= 0.6 is 11.6 Å². The van der Waals surface area contributed by atoms with Gasteiger partial charge in [-0.25, -0.2) is 0 Å². The smallest absolute Gasteiger partial charge is 0.200 e. The average Bonchev–Trinajstić information content (AvgIpc) is 2.73. The molecule has 0 aliphatic rings. The van der Waals surface area contributed by atoms with Gasteiger partial charge in [-0.3, -0.25) is 4.79 Å². The summed E-state index contributed by atoms with van der Waals surface area (Å²) in [4.78, 5) is 12.9. The molecule has 0 N–H and O–H groups in total. The zero-order valence-electron chi connectivity index (χ0n) is 15.1. The minimum absolute atomic E-state index is 0.0900. The topological polar surface area (TPSA) is 48.7 Å². The van der Waals surface area contributed by atoms with E-state index in [0.29, 0.717) is 33.9 Å². The van der Waals surface area contributed by atoms with Gasteiger partial charge in [0.15, 0.2) is 5.43 Å². The van der Waals surface area contributed by atoms with E-state index >= 15 is 0 Å². The Morgan fingerprint density at radius 1 is 0.964 bits per heavy atom. The minimum atomic E-state index is -0.0900. The summed E-state index contributed by atoms with van der Waals surface area (Å²) in [5.41, 5.74) is 2.63. The molecular weight excluding hydrogens is 376 g/mol. The molecule has 0 spiro atoms. The lowest BCUT2D eigenvalue weighted by molar-refractivity contribution is 0.306. The number of methoxy groups -OCH3 is 1. The summed E-state index contributed by atoms with van der Waals surface area (Å²) in [7, 11) is 1.60. The van der Waals surface area contributed by atoms with Gasteiger partial charge in [0.05, 0.1) is 18.1 Å². The number of hydrogen-bond donors (Lipinski definition) is 0. The van der Waals surface area contributed by atoms with Gasteiger partial charge >= 0.3 is 0 Å². The van der Waals surface area contributed by atoms with E-state index in [4.69, 9.17) is 25.5 Å². The third kappa shape index (κ3) is 3.73. The molecule has 0 radical (unpaired) electrons. The Kier molecular flexibility index (Phi) is 5.04. The van der Waals surface area contributed by atoms with Crippen molar-refractivity contribution in [3.8, 4) is 22.6 Å². The molecule has 4 aromatic rings. The predicted octanol–water partition coefficient (Wildman–Crippen LogP) is 5.70. The van der Waals surface area contributed by atoms with E-state index in [-0.39, 0.29) is 5.43 Å². The molecule has 0 fully saturated rings. The molecule has 4 rings (SSSR count). The molecule has 0 atom stereocenters. The van der Waals surface area contributed by atoms with E-state index in [1.54, 1.807) is 25.3 Å². The first-order valence-electron chi connectivity index (χ1n) is 8.71. The van der Waals surface area contributed by atoms with Crippen LogP contribution in [0.25, 0.3) is 22.1 Å². The van der Waals surface area contributed by atoms with Crippen LogP contribution in [0.1, 0.15) is 5.56 Å². The van der Waals surface area contributed by atoms with Crippen LogP contribution in [-0.2, 0) is 6.61 Å². The second-order valence-corrected chi connectivity index (χ2v) is 6.72. The third-order valence-electron chi connectivity index (χ3n) is 4.44. The number of ether oxygens (including phenoxy) is 2. The number of benzene rings is 3. The fraction of sp³-hybridized carbons (Fsp3) is 0.0870. The van der Waals surface area contributed by atoms with Crippen molar-refractivity contribution in [3.05, 3.63) is 93.8 Å². The van der Waals surface area contributed by atoms with Crippen LogP contribution in [0.3, 0.4) is 0 Å². The second-order valence-electron chi connectivity index (χ2n) is 6.28. The standard InChI is InChI=1S/C23H17ClO4/c1-26-18-7-5-16(6-8-18)21-14-28-22-12-19(9-10-20(22)23(21)25)27-13-15-3-2-4-17(24)11-15/h2-12,14H,13H2,1H3. The largest absolute Gasteiger partial charge is 0.497 e. The molecule has 5 heteroatoms. The molecule has 0 saturated heterocycles. The lowest BCUT2D eigenvalue weighted by atomic mass is 10.1. The van der Waals surface area contributed by atoms with E-state index in [0.717, 1.165) is 16.9 Å². The second kappa shape index (κ2) is 7.79. The van der Waals surface area contributed by atoms with Gasteiger partial charge in [-0.2, -0.15) is 0 Å². The lowest BCUT2D eigenvalue weighted by Crippen LogP contribution is -2.05. The van der Waals surface area contributed by atoms with Gasteiger partial charge in [0.25, 0.3) is 0 Å². The summed E-state index contributed by atoms with van der Waals surface area (Å²) in [6.45, 7) is 0.375. The van der Waals surface area contributed by atoms with Crippen molar-refractivity contribution in [2.24, 2.45) is 0 Å². The van der Waals surface area contributed by atoms with E-state index < -0.39 is 0 Å². The summed E-state index contributed by atoms with van der Waals surface area (Å²) >= 11 is 5.99. The van der Waals surface area contributed by atoms with Crippen LogP contribution in [0, 0.1) is 0 Å². The maximum absolute atomic E-state index is 12.9. The first-order valence-corrected chi connectivity index (χ1v) is 9.09. The maximum Gasteiger partial charge on any atom is 0.200 e. The highest BCUT2D eigenvalue weighted by Crippen LogP contribution is 2.25. The van der Waals surface area contributed by atoms with Crippen molar-refractivity contribution < 1.29 is 13.9 Å². The van der Waals surface area contributed by atoms with Crippen molar-refractivity contribution in [2.75, 3.05) is 7.11 Å². The van der Waals surface area contributed by atoms with Crippen molar-refractivity contribution in [2.45, 2.75) is 6.61 Å². The van der Waals surface area contributed by atoms with E-state index in [9.17, 15) is 4.79 Å². The Labute approximate surface area is 166 Å². The van der Waals surface area contributed by atoms with Crippen LogP contribution in [0.4, 0.5) is 0 Å². The Balaban J connectivity index is 1.61. The van der Waals surface area contributed by atoms with Gasteiger partial charge in [0.2, 0.25) is 0 Å². The Morgan fingerprint density at radius 2 is 1.75 bits per heavy atom. The van der Waals surface area contributed by atoms with Crippen molar-refractivity contribution in [1.29, 1.82) is 0 Å². The predicted molar refractivity (Wildman–Crippen MR) is 110 cm³/mol. The molecule has 1 aromatic heterocycles. The monoisotopic (exact) mass is 392 g/mol. The number of hydrogen-bond acceptors (Lipinski definition) is 4. The number of halogens is 1. The van der Waals surface area contributed by atoms with Gasteiger partial charge in [-0.1, -0.05) is 35.9 Å². The van der Waals surface area contributed by atoms with Crippen LogP contribution in [-0.4, -0.2) is 7.11 Å². The Morgan fingerprint density at radius 3 is 2.50 bits per heavy atom. The fourth-order valence-corrected chi connectivity index (χ4v) is 3.17. The first-order chi connectivity index (χ1) is 13.6. The first kappa shape index (κ1) is 18.1. The highest BCUT2D eigenvalue weighted by molar-refractivity contribution is 6.30. The van der Waals surface area contributed by atoms with Crippen LogP contribution in [0.15, 0.2) is 82.2 Å². The van der Waals surface area contributed by atoms with Crippen molar-refractivity contribution in [1.82, 2.24) is 0 Å². The zero-order chi connectivity index (χ0) is 19.5. The summed E-state index contributed by atoms with van der Waals surface area (Å²) in [5, 5.41) is 1.17. The van der Waals surface area contributed by atoms with Gasteiger partial charge in [0, 0.05) is 11.1 Å². The number of fused-ring (bicyclic) bond motifs is 1. The molecule has 0 aliphatic heterocycles. The van der Waals surface area contributed by atoms with Gasteiger partial charge in [-0.15, -0.1) is 0 Å². The van der Waals surface area contributed by atoms with Gasteiger partial charge < -0.3 is 13.9 Å². The van der Waals surface area contributed by atoms with Gasteiger partial charge in [-0.05, 0) is 47.5 Å². The molecule has 0 unspecified atom stereocenters. The summed E-state index contributed by atoms with van der Waals surface area (Å²) in [5.74, 6) is 1.35. The SMILES string of the molecule is COc1ccc(-c2coc3cc(OCc4cccc(Cl)c4)ccc3c2=O)cc1. The highest BCUT2D eigenvalue weighted by atomic mass is 35.5. The molecule has 4 nitrogen and oxygen atoms in total. The molecule has 0 saturated carbocycles. The van der Waals surface area contributed by atoms with E-state index in [1.165, 1.54) is 6.26 Å². The summed E-state index contributed by atoms with van der Waals surface area (Å²) in [6.07, 6.45) is 1.48. The van der Waals surface area contributed by atoms with E-state index in [2.05, 4.69) is 0 Å². The normalized spacial score (nSPS) is 10.8. The van der Waals surface area contributed by atoms with Crippen LogP contribution in [0.2, 0.25) is 5.02 Å². The molecule has 0 aliphatic carbocycles. The molecule has 3 aromatic carbocycles. The fourth-order valence-electron chi connectivity index (χ4n) is 2.96. The van der Waals surface area contributed by atoms with Crippen molar-refractivity contribution >= 4 is 22.6 Å².